The van der Waals surface area contributed by atoms with Crippen molar-refractivity contribution >= 4 is 23.2 Å². The fourth-order valence-electron chi connectivity index (χ4n) is 1.83. The highest BCUT2D eigenvalue weighted by Gasteiger charge is 2.11. The van der Waals surface area contributed by atoms with Gasteiger partial charge in [-0.25, -0.2) is 0 Å². The fraction of sp³-hybridized carbons (Fsp3) is 0.188. The second-order valence-electron chi connectivity index (χ2n) is 4.69. The number of nitrogen functional groups attached to an aromatic ring is 1. The molecule has 0 spiro atoms. The summed E-state index contributed by atoms with van der Waals surface area (Å²) in [5, 5.41) is 0.574. The van der Waals surface area contributed by atoms with Crippen LogP contribution in [-0.2, 0) is 11.3 Å². The van der Waals surface area contributed by atoms with Gasteiger partial charge in [0.25, 0.3) is 5.91 Å². The van der Waals surface area contributed by atoms with Gasteiger partial charge in [-0.1, -0.05) is 35.9 Å². The Bertz CT molecular complexity index is 631. The van der Waals surface area contributed by atoms with Gasteiger partial charge in [0.05, 0.1) is 0 Å². The molecule has 0 unspecified atom stereocenters. The molecule has 0 bridgehead atoms. The Morgan fingerprint density at radius 3 is 2.71 bits per heavy atom. The summed E-state index contributed by atoms with van der Waals surface area (Å²) >= 11 is 5.86. The molecule has 0 heterocycles. The molecule has 0 radical (unpaired) electrons. The van der Waals surface area contributed by atoms with Crippen molar-refractivity contribution in [3.63, 3.8) is 0 Å². The number of hydrogen-bond donors (Lipinski definition) is 1. The SMILES string of the molecule is CN(Cc1ccccc1N)C(=O)COc1cccc(Cl)c1. The third kappa shape index (κ3) is 4.39. The number of carbonyl (C=O) groups is 1. The molecule has 4 nitrogen and oxygen atoms in total. The van der Waals surface area contributed by atoms with E-state index in [4.69, 9.17) is 22.1 Å². The van der Waals surface area contributed by atoms with Crippen LogP contribution in [0.5, 0.6) is 5.75 Å². The lowest BCUT2D eigenvalue weighted by Gasteiger charge is -2.18. The lowest BCUT2D eigenvalue weighted by Crippen LogP contribution is -2.31. The van der Waals surface area contributed by atoms with E-state index in [-0.39, 0.29) is 12.5 Å². The van der Waals surface area contributed by atoms with Crippen molar-refractivity contribution in [1.82, 2.24) is 4.90 Å². The predicted molar refractivity (Wildman–Crippen MR) is 84.3 cm³/mol. The number of amides is 1. The highest BCUT2D eigenvalue weighted by molar-refractivity contribution is 6.30. The Balaban J connectivity index is 1.90. The van der Waals surface area contributed by atoms with Crippen molar-refractivity contribution in [3.8, 4) is 5.75 Å². The van der Waals surface area contributed by atoms with Gasteiger partial charge < -0.3 is 15.4 Å². The van der Waals surface area contributed by atoms with E-state index in [1.807, 2.05) is 24.3 Å². The van der Waals surface area contributed by atoms with Crippen LogP contribution in [0.2, 0.25) is 5.02 Å². The van der Waals surface area contributed by atoms with Gasteiger partial charge in [-0.15, -0.1) is 0 Å². The topological polar surface area (TPSA) is 55.6 Å². The number of para-hydroxylation sites is 1. The smallest absolute Gasteiger partial charge is 0.260 e. The normalized spacial score (nSPS) is 10.2. The maximum atomic E-state index is 12.0. The second-order valence-corrected chi connectivity index (χ2v) is 5.13. The van der Waals surface area contributed by atoms with Crippen LogP contribution in [-0.4, -0.2) is 24.5 Å². The van der Waals surface area contributed by atoms with E-state index in [0.29, 0.717) is 23.0 Å². The molecule has 0 aliphatic carbocycles. The average Bonchev–Trinajstić information content (AvgIpc) is 2.47. The summed E-state index contributed by atoms with van der Waals surface area (Å²) in [4.78, 5) is 13.6. The molecule has 2 N–H and O–H groups in total. The van der Waals surface area contributed by atoms with Crippen molar-refractivity contribution in [2.75, 3.05) is 19.4 Å². The Kier molecular flexibility index (Phi) is 5.06. The molecule has 5 heteroatoms. The zero-order chi connectivity index (χ0) is 15.2. The maximum absolute atomic E-state index is 12.0. The van der Waals surface area contributed by atoms with E-state index in [1.54, 1.807) is 36.2 Å². The molecule has 0 fully saturated rings. The third-order valence-corrected chi connectivity index (χ3v) is 3.28. The number of benzene rings is 2. The van der Waals surface area contributed by atoms with Gasteiger partial charge in [0.15, 0.2) is 6.61 Å². The highest BCUT2D eigenvalue weighted by Crippen LogP contribution is 2.17. The molecule has 0 saturated carbocycles. The summed E-state index contributed by atoms with van der Waals surface area (Å²) < 4.78 is 5.43. The van der Waals surface area contributed by atoms with E-state index in [2.05, 4.69) is 0 Å². The Hall–Kier alpha value is -2.20. The first kappa shape index (κ1) is 15.2. The summed E-state index contributed by atoms with van der Waals surface area (Å²) in [6, 6.07) is 14.4. The van der Waals surface area contributed by atoms with Crippen LogP contribution >= 0.6 is 11.6 Å². The summed E-state index contributed by atoms with van der Waals surface area (Å²) in [5.74, 6) is 0.446. The Labute approximate surface area is 129 Å². The molecular weight excluding hydrogens is 288 g/mol. The van der Waals surface area contributed by atoms with Gasteiger partial charge in [-0.05, 0) is 29.8 Å². The monoisotopic (exact) mass is 304 g/mol. The van der Waals surface area contributed by atoms with Gasteiger partial charge in [0.1, 0.15) is 5.75 Å². The Morgan fingerprint density at radius 2 is 2.00 bits per heavy atom. The number of nitrogens with zero attached hydrogens (tertiary/aromatic N) is 1. The minimum Gasteiger partial charge on any atom is -0.484 e. The molecule has 0 aliphatic rings. The maximum Gasteiger partial charge on any atom is 0.260 e. The van der Waals surface area contributed by atoms with Crippen molar-refractivity contribution in [3.05, 3.63) is 59.1 Å². The number of rotatable bonds is 5. The standard InChI is InChI=1S/C16H17ClN2O2/c1-19(10-12-5-2-3-8-15(12)18)16(20)11-21-14-7-4-6-13(17)9-14/h2-9H,10-11,18H2,1H3. The van der Waals surface area contributed by atoms with Crippen molar-refractivity contribution in [2.45, 2.75) is 6.54 Å². The fourth-order valence-corrected chi connectivity index (χ4v) is 2.01. The molecule has 110 valence electrons. The van der Waals surface area contributed by atoms with Crippen LogP contribution in [0.1, 0.15) is 5.56 Å². The van der Waals surface area contributed by atoms with Gasteiger partial charge >= 0.3 is 0 Å². The molecular formula is C16H17ClN2O2. The number of carbonyl (C=O) groups excluding carboxylic acids is 1. The molecule has 0 atom stereocenters. The zero-order valence-electron chi connectivity index (χ0n) is 11.8. The second kappa shape index (κ2) is 6.99. The van der Waals surface area contributed by atoms with E-state index in [1.165, 1.54) is 0 Å². The molecule has 0 aromatic heterocycles. The molecule has 2 rings (SSSR count). The van der Waals surface area contributed by atoms with E-state index >= 15 is 0 Å². The Morgan fingerprint density at radius 1 is 1.24 bits per heavy atom. The van der Waals surface area contributed by atoms with Gasteiger partial charge in [-0.3, -0.25) is 4.79 Å². The highest BCUT2D eigenvalue weighted by atomic mass is 35.5. The van der Waals surface area contributed by atoms with Crippen LogP contribution in [0.25, 0.3) is 0 Å². The quantitative estimate of drug-likeness (QED) is 0.864. The molecule has 2 aromatic rings. The predicted octanol–water partition coefficient (Wildman–Crippen LogP) is 2.96. The van der Waals surface area contributed by atoms with Crippen molar-refractivity contribution in [1.29, 1.82) is 0 Å². The summed E-state index contributed by atoms with van der Waals surface area (Å²) in [5.41, 5.74) is 7.45. The minimum atomic E-state index is -0.127. The molecule has 0 aliphatic heterocycles. The van der Waals surface area contributed by atoms with E-state index < -0.39 is 0 Å². The van der Waals surface area contributed by atoms with Crippen LogP contribution in [0.3, 0.4) is 0 Å². The van der Waals surface area contributed by atoms with Gasteiger partial charge in [0, 0.05) is 24.3 Å². The summed E-state index contributed by atoms with van der Waals surface area (Å²) in [6.45, 7) is 0.411. The number of ether oxygens (including phenoxy) is 1. The lowest BCUT2D eigenvalue weighted by molar-refractivity contribution is -0.132. The minimum absolute atomic E-state index is 0.0381. The van der Waals surface area contributed by atoms with Gasteiger partial charge in [-0.2, -0.15) is 0 Å². The van der Waals surface area contributed by atoms with Crippen molar-refractivity contribution < 1.29 is 9.53 Å². The third-order valence-electron chi connectivity index (χ3n) is 3.05. The van der Waals surface area contributed by atoms with Crippen LogP contribution in [0.15, 0.2) is 48.5 Å². The van der Waals surface area contributed by atoms with E-state index in [0.717, 1.165) is 5.56 Å². The average molecular weight is 305 g/mol. The molecule has 1 amide bonds. The molecule has 2 aromatic carbocycles. The van der Waals surface area contributed by atoms with Crippen LogP contribution in [0, 0.1) is 0 Å². The largest absolute Gasteiger partial charge is 0.484 e. The number of anilines is 1. The summed E-state index contributed by atoms with van der Waals surface area (Å²) in [7, 11) is 1.72. The number of hydrogen-bond acceptors (Lipinski definition) is 3. The molecule has 21 heavy (non-hydrogen) atoms. The lowest BCUT2D eigenvalue weighted by atomic mass is 10.2. The first-order valence-corrected chi connectivity index (χ1v) is 6.90. The van der Waals surface area contributed by atoms with Gasteiger partial charge in [0.2, 0.25) is 0 Å². The summed E-state index contributed by atoms with van der Waals surface area (Å²) in [6.07, 6.45) is 0. The first-order chi connectivity index (χ1) is 10.1. The van der Waals surface area contributed by atoms with Crippen LogP contribution < -0.4 is 10.5 Å². The van der Waals surface area contributed by atoms with E-state index in [9.17, 15) is 4.79 Å². The number of nitrogens with two attached hydrogens (primary N) is 1. The number of halogens is 1. The first-order valence-electron chi connectivity index (χ1n) is 6.52. The van der Waals surface area contributed by atoms with Crippen LogP contribution in [0.4, 0.5) is 5.69 Å². The molecule has 0 saturated heterocycles. The zero-order valence-corrected chi connectivity index (χ0v) is 12.5. The van der Waals surface area contributed by atoms with Crippen molar-refractivity contribution in [2.24, 2.45) is 0 Å². The number of likely N-dealkylation sites (N-methyl/N-ethyl adjacent to an activating group) is 1.